The lowest BCUT2D eigenvalue weighted by atomic mass is 9.92. The number of ether oxygens (including phenoxy) is 6. The summed E-state index contributed by atoms with van der Waals surface area (Å²) < 4.78 is 31.9. The van der Waals surface area contributed by atoms with E-state index in [2.05, 4.69) is 0 Å². The Morgan fingerprint density at radius 2 is 1.45 bits per heavy atom. The number of phenols is 1. The molecule has 1 aliphatic rings. The van der Waals surface area contributed by atoms with Crippen molar-refractivity contribution in [2.75, 3.05) is 42.2 Å². The molecule has 0 bridgehead atoms. The average Bonchev–Trinajstić information content (AvgIpc) is 3.12. The van der Waals surface area contributed by atoms with Gasteiger partial charge in [0, 0.05) is 11.5 Å². The van der Waals surface area contributed by atoms with Crippen LogP contribution in [-0.4, -0.2) is 53.2 Å². The molecule has 2 aromatic carbocycles. The van der Waals surface area contributed by atoms with E-state index in [0.29, 0.717) is 34.8 Å². The first-order valence-corrected chi connectivity index (χ1v) is 9.58. The van der Waals surface area contributed by atoms with E-state index in [4.69, 9.17) is 28.4 Å². The Morgan fingerprint density at radius 3 is 1.94 bits per heavy atom. The number of esters is 1. The summed E-state index contributed by atoms with van der Waals surface area (Å²) in [5, 5.41) is 10.1. The number of rotatable bonds is 8. The van der Waals surface area contributed by atoms with Gasteiger partial charge in [0.15, 0.2) is 23.0 Å². The van der Waals surface area contributed by atoms with Gasteiger partial charge in [0.2, 0.25) is 11.5 Å². The first kappa shape index (κ1) is 22.1. The number of carbonyl (C=O) groups excluding carboxylic acids is 1. The predicted octanol–water partition coefficient (Wildman–Crippen LogP) is 3.23. The molecule has 1 heterocycles. The van der Waals surface area contributed by atoms with Crippen LogP contribution in [0.2, 0.25) is 0 Å². The van der Waals surface area contributed by atoms with E-state index in [9.17, 15) is 9.90 Å². The largest absolute Gasteiger partial charge is 0.502 e. The molecule has 166 valence electrons. The number of hydrogen-bond donors (Lipinski definition) is 1. The highest BCUT2D eigenvalue weighted by molar-refractivity contribution is 5.96. The average molecular weight is 430 g/mol. The van der Waals surface area contributed by atoms with Crippen LogP contribution < -0.4 is 23.7 Å². The molecule has 0 saturated carbocycles. The van der Waals surface area contributed by atoms with E-state index in [1.165, 1.54) is 14.2 Å². The molecule has 31 heavy (non-hydrogen) atoms. The minimum Gasteiger partial charge on any atom is -0.502 e. The normalized spacial score (nSPS) is 16.7. The van der Waals surface area contributed by atoms with Crippen molar-refractivity contribution in [2.24, 2.45) is 5.92 Å². The number of methoxy groups -OCH3 is 5. The van der Waals surface area contributed by atoms with Crippen LogP contribution in [0, 0.1) is 5.92 Å². The monoisotopic (exact) mass is 430 g/mol. The maximum Gasteiger partial charge on any atom is 0.334 e. The first-order chi connectivity index (χ1) is 14.9. The third-order valence-electron chi connectivity index (χ3n) is 5.12. The van der Waals surface area contributed by atoms with Crippen molar-refractivity contribution in [2.45, 2.75) is 6.42 Å². The molecular weight excluding hydrogens is 404 g/mol. The number of cyclic esters (lactones) is 1. The Kier molecular flexibility index (Phi) is 6.79. The van der Waals surface area contributed by atoms with Crippen molar-refractivity contribution in [1.82, 2.24) is 0 Å². The fraction of sp³-hybridized carbons (Fsp3) is 0.348. The van der Waals surface area contributed by atoms with E-state index in [1.54, 1.807) is 39.5 Å². The predicted molar refractivity (Wildman–Crippen MR) is 113 cm³/mol. The number of carbonyl (C=O) groups is 1. The van der Waals surface area contributed by atoms with Gasteiger partial charge in [-0.3, -0.25) is 0 Å². The van der Waals surface area contributed by atoms with Crippen molar-refractivity contribution in [3.05, 3.63) is 41.0 Å². The van der Waals surface area contributed by atoms with Crippen LogP contribution >= 0.6 is 0 Å². The summed E-state index contributed by atoms with van der Waals surface area (Å²) >= 11 is 0. The van der Waals surface area contributed by atoms with Crippen LogP contribution in [0.3, 0.4) is 0 Å². The molecule has 0 aromatic heterocycles. The molecule has 0 aliphatic carbocycles. The minimum absolute atomic E-state index is 0.102. The van der Waals surface area contributed by atoms with Gasteiger partial charge < -0.3 is 33.5 Å². The van der Waals surface area contributed by atoms with Crippen LogP contribution in [0.5, 0.6) is 34.5 Å². The van der Waals surface area contributed by atoms with E-state index in [-0.39, 0.29) is 35.7 Å². The van der Waals surface area contributed by atoms with Crippen LogP contribution in [0.4, 0.5) is 0 Å². The van der Waals surface area contributed by atoms with Crippen molar-refractivity contribution in [3.63, 3.8) is 0 Å². The topological polar surface area (TPSA) is 92.7 Å². The van der Waals surface area contributed by atoms with Crippen molar-refractivity contribution >= 4 is 12.0 Å². The molecular formula is C23H26O8. The molecule has 1 saturated heterocycles. The molecule has 8 nitrogen and oxygen atoms in total. The standard InChI is InChI=1S/C23H26O8/c1-26-17-8-14(9-18(27-2)21(17)24)7-16-15(12-31-23(16)25)6-13-10-19(28-3)22(30-5)20(11-13)29-4/h7-11,15,24H,6,12H2,1-5H3/b16-7+/t15-/m0/s1. The summed E-state index contributed by atoms with van der Waals surface area (Å²) in [6.07, 6.45) is 2.25. The van der Waals surface area contributed by atoms with E-state index in [1.807, 2.05) is 12.1 Å². The molecule has 0 amide bonds. The fourth-order valence-corrected chi connectivity index (χ4v) is 3.58. The zero-order valence-corrected chi connectivity index (χ0v) is 18.2. The summed E-state index contributed by atoms with van der Waals surface area (Å²) in [6.45, 7) is 0.258. The molecule has 8 heteroatoms. The fourth-order valence-electron chi connectivity index (χ4n) is 3.58. The molecule has 1 N–H and O–H groups in total. The van der Waals surface area contributed by atoms with E-state index in [0.717, 1.165) is 5.56 Å². The third kappa shape index (κ3) is 4.47. The molecule has 1 fully saturated rings. The van der Waals surface area contributed by atoms with Gasteiger partial charge in [-0.2, -0.15) is 0 Å². The van der Waals surface area contributed by atoms with Gasteiger partial charge in [0.05, 0.1) is 42.2 Å². The number of phenolic OH excluding ortho intramolecular Hbond substituents is 1. The summed E-state index contributed by atoms with van der Waals surface area (Å²) in [7, 11) is 7.55. The molecule has 1 aliphatic heterocycles. The zero-order valence-electron chi connectivity index (χ0n) is 18.2. The number of aromatic hydroxyl groups is 1. The molecule has 0 unspecified atom stereocenters. The second-order valence-electron chi connectivity index (χ2n) is 6.91. The Labute approximate surface area is 180 Å². The summed E-state index contributed by atoms with van der Waals surface area (Å²) in [5.74, 6) is 1.42. The SMILES string of the molecule is COc1cc(/C=C2/C(=O)OC[C@@H]2Cc2cc(OC)c(OC)c(OC)c2)cc(OC)c1O. The van der Waals surface area contributed by atoms with Gasteiger partial charge >= 0.3 is 5.97 Å². The van der Waals surface area contributed by atoms with Gasteiger partial charge in [-0.15, -0.1) is 0 Å². The molecule has 0 radical (unpaired) electrons. The summed E-state index contributed by atoms with van der Waals surface area (Å²) in [4.78, 5) is 12.4. The van der Waals surface area contributed by atoms with Crippen molar-refractivity contribution < 1.29 is 38.3 Å². The smallest absolute Gasteiger partial charge is 0.334 e. The third-order valence-corrected chi connectivity index (χ3v) is 5.12. The maximum atomic E-state index is 12.4. The lowest BCUT2D eigenvalue weighted by Gasteiger charge is -2.16. The highest BCUT2D eigenvalue weighted by Gasteiger charge is 2.31. The van der Waals surface area contributed by atoms with Gasteiger partial charge in [-0.25, -0.2) is 4.79 Å². The highest BCUT2D eigenvalue weighted by atomic mass is 16.5. The highest BCUT2D eigenvalue weighted by Crippen LogP contribution is 2.41. The maximum absolute atomic E-state index is 12.4. The van der Waals surface area contributed by atoms with Crippen molar-refractivity contribution in [3.8, 4) is 34.5 Å². The van der Waals surface area contributed by atoms with Gasteiger partial charge in [-0.05, 0) is 47.9 Å². The Bertz CT molecular complexity index is 945. The molecule has 2 aromatic rings. The molecule has 1 atom stereocenters. The lowest BCUT2D eigenvalue weighted by Crippen LogP contribution is -2.08. The number of hydrogen-bond acceptors (Lipinski definition) is 8. The molecule has 3 rings (SSSR count). The Morgan fingerprint density at radius 1 is 0.903 bits per heavy atom. The van der Waals surface area contributed by atoms with Crippen LogP contribution in [0.15, 0.2) is 29.8 Å². The molecule has 0 spiro atoms. The zero-order chi connectivity index (χ0) is 22.5. The van der Waals surface area contributed by atoms with Gasteiger partial charge in [0.25, 0.3) is 0 Å². The second-order valence-corrected chi connectivity index (χ2v) is 6.91. The van der Waals surface area contributed by atoms with Gasteiger partial charge in [0.1, 0.15) is 0 Å². The van der Waals surface area contributed by atoms with Crippen molar-refractivity contribution in [1.29, 1.82) is 0 Å². The first-order valence-electron chi connectivity index (χ1n) is 9.58. The summed E-state index contributed by atoms with van der Waals surface area (Å²) in [5.41, 5.74) is 2.07. The van der Waals surface area contributed by atoms with E-state index >= 15 is 0 Å². The van der Waals surface area contributed by atoms with E-state index < -0.39 is 0 Å². The Balaban J connectivity index is 1.96. The lowest BCUT2D eigenvalue weighted by molar-refractivity contribution is -0.135. The Hall–Kier alpha value is -3.55. The van der Waals surface area contributed by atoms with Crippen LogP contribution in [-0.2, 0) is 16.0 Å². The number of benzene rings is 2. The minimum atomic E-state index is -0.386. The van der Waals surface area contributed by atoms with Gasteiger partial charge in [-0.1, -0.05) is 0 Å². The quantitative estimate of drug-likeness (QED) is 0.504. The summed E-state index contributed by atoms with van der Waals surface area (Å²) in [6, 6.07) is 6.97. The van der Waals surface area contributed by atoms with Crippen LogP contribution in [0.1, 0.15) is 11.1 Å². The van der Waals surface area contributed by atoms with Crippen LogP contribution in [0.25, 0.3) is 6.08 Å². The second kappa shape index (κ2) is 9.51.